The van der Waals surface area contributed by atoms with Crippen molar-refractivity contribution in [2.45, 2.75) is 17.7 Å². The maximum absolute atomic E-state index is 12.3. The number of fused-ring (bicyclic) bond motifs is 1. The van der Waals surface area contributed by atoms with Crippen molar-refractivity contribution in [3.8, 4) is 0 Å². The van der Waals surface area contributed by atoms with Crippen LogP contribution in [0, 0.1) is 6.92 Å². The van der Waals surface area contributed by atoms with Gasteiger partial charge in [-0.15, -0.1) is 11.3 Å². The van der Waals surface area contributed by atoms with Crippen LogP contribution in [0.25, 0.3) is 10.2 Å². The van der Waals surface area contributed by atoms with E-state index in [-0.39, 0.29) is 18.1 Å². The Hall–Kier alpha value is -2.55. The van der Waals surface area contributed by atoms with Crippen molar-refractivity contribution < 1.29 is 9.59 Å². The molecule has 2 aromatic heterocycles. The van der Waals surface area contributed by atoms with Crippen molar-refractivity contribution in [3.63, 3.8) is 0 Å². The van der Waals surface area contributed by atoms with Crippen molar-refractivity contribution in [2.24, 2.45) is 0 Å². The fourth-order valence-corrected chi connectivity index (χ4v) is 5.40. The molecule has 0 saturated carbocycles. The van der Waals surface area contributed by atoms with Gasteiger partial charge in [0.2, 0.25) is 5.91 Å². The third kappa shape index (κ3) is 5.09. The lowest BCUT2D eigenvalue weighted by Gasteiger charge is -1.99. The molecule has 29 heavy (non-hydrogen) atoms. The SMILES string of the molecule is Cc1ccc2nc(NC(=O)Cc3csc(SCC(=O)c4ccccc4)n3)sc2c1. The number of aromatic nitrogens is 2. The normalized spacial score (nSPS) is 10.9. The molecule has 0 aliphatic carbocycles. The third-order valence-corrected chi connectivity index (χ3v) is 7.09. The summed E-state index contributed by atoms with van der Waals surface area (Å²) in [6, 6.07) is 15.2. The van der Waals surface area contributed by atoms with E-state index in [0.29, 0.717) is 22.1 Å². The number of ketones is 1. The highest BCUT2D eigenvalue weighted by Crippen LogP contribution is 2.27. The molecule has 4 aromatic rings. The van der Waals surface area contributed by atoms with Crippen LogP contribution >= 0.6 is 34.4 Å². The predicted molar refractivity (Wildman–Crippen MR) is 120 cm³/mol. The number of benzene rings is 2. The van der Waals surface area contributed by atoms with Crippen LogP contribution in [-0.2, 0) is 11.2 Å². The second kappa shape index (κ2) is 8.86. The number of hydrogen-bond acceptors (Lipinski definition) is 7. The smallest absolute Gasteiger partial charge is 0.232 e. The second-order valence-corrected chi connectivity index (χ2v) is 9.51. The van der Waals surface area contributed by atoms with E-state index in [2.05, 4.69) is 21.4 Å². The summed E-state index contributed by atoms with van der Waals surface area (Å²) in [6.45, 7) is 2.03. The molecule has 0 bridgehead atoms. The van der Waals surface area contributed by atoms with Crippen molar-refractivity contribution >= 4 is 61.5 Å². The fraction of sp³-hybridized carbons (Fsp3) is 0.143. The number of amides is 1. The van der Waals surface area contributed by atoms with Crippen LogP contribution in [0.2, 0.25) is 0 Å². The first kappa shape index (κ1) is 19.8. The number of Topliss-reactive ketones (excluding diaryl/α,β-unsaturated/α-hetero) is 1. The highest BCUT2D eigenvalue weighted by Gasteiger charge is 2.13. The first-order chi connectivity index (χ1) is 14.1. The lowest BCUT2D eigenvalue weighted by Crippen LogP contribution is -2.14. The Morgan fingerprint density at radius 3 is 2.76 bits per heavy atom. The standard InChI is InChI=1S/C21H17N3O2S3/c1-13-7-8-16-18(9-13)29-20(23-16)24-19(26)10-15-11-27-21(22-15)28-12-17(25)14-5-3-2-4-6-14/h2-9,11H,10,12H2,1H3,(H,23,24,26). The molecule has 2 aromatic carbocycles. The Bertz CT molecular complexity index is 1170. The van der Waals surface area contributed by atoms with Crippen molar-refractivity contribution in [1.82, 2.24) is 9.97 Å². The van der Waals surface area contributed by atoms with Gasteiger partial charge >= 0.3 is 0 Å². The quantitative estimate of drug-likeness (QED) is 0.316. The molecule has 0 atom stereocenters. The second-order valence-electron chi connectivity index (χ2n) is 6.40. The van der Waals surface area contributed by atoms with Crippen LogP contribution in [-0.4, -0.2) is 27.4 Å². The predicted octanol–water partition coefficient (Wildman–Crippen LogP) is 5.22. The van der Waals surface area contributed by atoms with Gasteiger partial charge in [0.15, 0.2) is 15.3 Å². The number of carbonyl (C=O) groups is 2. The molecule has 0 unspecified atom stereocenters. The maximum atomic E-state index is 12.3. The molecule has 0 aliphatic rings. The van der Waals surface area contributed by atoms with Gasteiger partial charge < -0.3 is 5.32 Å². The Morgan fingerprint density at radius 1 is 1.10 bits per heavy atom. The first-order valence-corrected chi connectivity index (χ1v) is 11.6. The molecule has 1 amide bonds. The number of thioether (sulfide) groups is 1. The molecule has 8 heteroatoms. The summed E-state index contributed by atoms with van der Waals surface area (Å²) in [5.41, 5.74) is 3.44. The highest BCUT2D eigenvalue weighted by atomic mass is 32.2. The van der Waals surface area contributed by atoms with E-state index in [0.717, 1.165) is 20.1 Å². The lowest BCUT2D eigenvalue weighted by atomic mass is 10.2. The van der Waals surface area contributed by atoms with Gasteiger partial charge in [-0.1, -0.05) is 59.5 Å². The van der Waals surface area contributed by atoms with Gasteiger partial charge in [-0.05, 0) is 24.6 Å². The molecule has 2 heterocycles. The van der Waals surface area contributed by atoms with Crippen LogP contribution in [0.3, 0.4) is 0 Å². The van der Waals surface area contributed by atoms with Crippen LogP contribution in [0.1, 0.15) is 21.6 Å². The number of anilines is 1. The number of thiazole rings is 2. The number of hydrogen-bond donors (Lipinski definition) is 1. The fourth-order valence-electron chi connectivity index (χ4n) is 2.68. The molecular formula is C21H17N3O2S3. The maximum Gasteiger partial charge on any atom is 0.232 e. The van der Waals surface area contributed by atoms with E-state index in [1.54, 1.807) is 0 Å². The van der Waals surface area contributed by atoms with E-state index in [9.17, 15) is 9.59 Å². The Kier molecular flexibility index (Phi) is 6.03. The zero-order valence-corrected chi connectivity index (χ0v) is 18.0. The van der Waals surface area contributed by atoms with Gasteiger partial charge in [-0.25, -0.2) is 9.97 Å². The van der Waals surface area contributed by atoms with E-state index in [4.69, 9.17) is 0 Å². The van der Waals surface area contributed by atoms with Gasteiger partial charge in [0.05, 0.1) is 28.1 Å². The van der Waals surface area contributed by atoms with E-state index < -0.39 is 0 Å². The van der Waals surface area contributed by atoms with Crippen LogP contribution < -0.4 is 5.32 Å². The van der Waals surface area contributed by atoms with Gasteiger partial charge in [-0.3, -0.25) is 9.59 Å². The summed E-state index contributed by atoms with van der Waals surface area (Å²) in [6.07, 6.45) is 0.179. The van der Waals surface area contributed by atoms with E-state index in [1.165, 1.54) is 34.4 Å². The van der Waals surface area contributed by atoms with Gasteiger partial charge in [0, 0.05) is 10.9 Å². The minimum Gasteiger partial charge on any atom is -0.302 e. The van der Waals surface area contributed by atoms with Crippen molar-refractivity contribution in [3.05, 3.63) is 70.7 Å². The lowest BCUT2D eigenvalue weighted by molar-refractivity contribution is -0.115. The van der Waals surface area contributed by atoms with Crippen LogP contribution in [0.4, 0.5) is 5.13 Å². The molecule has 0 aliphatic heterocycles. The Labute approximate surface area is 180 Å². The van der Waals surface area contributed by atoms with Crippen molar-refractivity contribution in [2.75, 3.05) is 11.1 Å². The van der Waals surface area contributed by atoms with Crippen LogP contribution in [0.5, 0.6) is 0 Å². The molecule has 0 spiro atoms. The minimum atomic E-state index is -0.150. The molecule has 146 valence electrons. The molecule has 0 saturated heterocycles. The molecular weight excluding hydrogens is 422 g/mol. The van der Waals surface area contributed by atoms with Gasteiger partial charge in [0.25, 0.3) is 0 Å². The largest absolute Gasteiger partial charge is 0.302 e. The molecule has 5 nitrogen and oxygen atoms in total. The monoisotopic (exact) mass is 439 g/mol. The molecule has 0 radical (unpaired) electrons. The number of nitrogens with one attached hydrogen (secondary N) is 1. The first-order valence-electron chi connectivity index (χ1n) is 8.89. The minimum absolute atomic E-state index is 0.0659. The Balaban J connectivity index is 1.32. The summed E-state index contributed by atoms with van der Waals surface area (Å²) in [5.74, 6) is 0.244. The molecule has 1 N–H and O–H groups in total. The third-order valence-electron chi connectivity index (χ3n) is 4.09. The summed E-state index contributed by atoms with van der Waals surface area (Å²) >= 11 is 4.30. The molecule has 0 fully saturated rings. The summed E-state index contributed by atoms with van der Waals surface area (Å²) in [5, 5.41) is 5.30. The number of carbonyl (C=O) groups excluding carboxylic acids is 2. The molecule has 4 rings (SSSR count). The Morgan fingerprint density at radius 2 is 1.93 bits per heavy atom. The zero-order valence-electron chi connectivity index (χ0n) is 15.5. The zero-order chi connectivity index (χ0) is 20.2. The summed E-state index contributed by atoms with van der Waals surface area (Å²) in [4.78, 5) is 33.4. The number of rotatable bonds is 7. The number of nitrogens with zero attached hydrogens (tertiary/aromatic N) is 2. The van der Waals surface area contributed by atoms with Crippen molar-refractivity contribution in [1.29, 1.82) is 0 Å². The average molecular weight is 440 g/mol. The average Bonchev–Trinajstić information content (AvgIpc) is 3.32. The summed E-state index contributed by atoms with van der Waals surface area (Å²) < 4.78 is 1.84. The van der Waals surface area contributed by atoms with Crippen LogP contribution in [0.15, 0.2) is 58.3 Å². The van der Waals surface area contributed by atoms with Gasteiger partial charge in [-0.2, -0.15) is 0 Å². The number of aryl methyl sites for hydroxylation is 1. The van der Waals surface area contributed by atoms with E-state index in [1.807, 2.05) is 54.8 Å². The van der Waals surface area contributed by atoms with E-state index >= 15 is 0 Å². The highest BCUT2D eigenvalue weighted by molar-refractivity contribution is 8.01. The van der Waals surface area contributed by atoms with Gasteiger partial charge in [0.1, 0.15) is 0 Å². The summed E-state index contributed by atoms with van der Waals surface area (Å²) in [7, 11) is 0. The topological polar surface area (TPSA) is 72.0 Å².